The molecule has 0 bridgehead atoms. The van der Waals surface area contributed by atoms with Crippen molar-refractivity contribution in [2.75, 3.05) is 13.2 Å². The van der Waals surface area contributed by atoms with Gasteiger partial charge in [0.1, 0.15) is 0 Å². The molecule has 98 valence electrons. The van der Waals surface area contributed by atoms with Gasteiger partial charge in [0.15, 0.2) is 5.11 Å². The van der Waals surface area contributed by atoms with E-state index in [4.69, 9.17) is 17.0 Å². The number of hydrogen-bond acceptors (Lipinski definition) is 2. The van der Waals surface area contributed by atoms with Gasteiger partial charge >= 0.3 is 0 Å². The Morgan fingerprint density at radius 2 is 2.22 bits per heavy atom. The predicted molar refractivity (Wildman–Crippen MR) is 80.6 cm³/mol. The van der Waals surface area contributed by atoms with Gasteiger partial charge in [0.05, 0.1) is 6.10 Å². The molecule has 2 rings (SSSR count). The first-order chi connectivity index (χ1) is 8.75. The van der Waals surface area contributed by atoms with Crippen molar-refractivity contribution in [3.63, 3.8) is 0 Å². The minimum Gasteiger partial charge on any atom is -0.376 e. The molecule has 18 heavy (non-hydrogen) atoms. The molecule has 5 heteroatoms. The van der Waals surface area contributed by atoms with Crippen LogP contribution in [-0.4, -0.2) is 24.4 Å². The van der Waals surface area contributed by atoms with Crippen LogP contribution in [0.1, 0.15) is 18.4 Å². The first-order valence-corrected chi connectivity index (χ1v) is 7.32. The first-order valence-electron chi connectivity index (χ1n) is 6.12. The monoisotopic (exact) mass is 328 g/mol. The highest BCUT2D eigenvalue weighted by Gasteiger charge is 2.15. The van der Waals surface area contributed by atoms with E-state index < -0.39 is 0 Å². The van der Waals surface area contributed by atoms with Crippen LogP contribution in [0.5, 0.6) is 0 Å². The largest absolute Gasteiger partial charge is 0.376 e. The molecule has 0 aliphatic carbocycles. The van der Waals surface area contributed by atoms with E-state index in [2.05, 4.69) is 32.6 Å². The molecule has 0 amide bonds. The Morgan fingerprint density at radius 1 is 1.39 bits per heavy atom. The molecule has 1 aliphatic rings. The van der Waals surface area contributed by atoms with Crippen LogP contribution >= 0.6 is 28.1 Å². The fraction of sp³-hybridized carbons (Fsp3) is 0.462. The molecule has 1 saturated heterocycles. The Labute approximate surface area is 121 Å². The van der Waals surface area contributed by atoms with E-state index in [1.54, 1.807) is 0 Å². The van der Waals surface area contributed by atoms with E-state index in [9.17, 15) is 0 Å². The van der Waals surface area contributed by atoms with Crippen molar-refractivity contribution >= 4 is 33.3 Å². The van der Waals surface area contributed by atoms with E-state index in [0.717, 1.165) is 37.0 Å². The summed E-state index contributed by atoms with van der Waals surface area (Å²) in [6.45, 7) is 2.39. The van der Waals surface area contributed by atoms with Gasteiger partial charge in [-0.15, -0.1) is 0 Å². The van der Waals surface area contributed by atoms with Crippen LogP contribution in [0, 0.1) is 0 Å². The Morgan fingerprint density at radius 3 is 2.94 bits per heavy atom. The van der Waals surface area contributed by atoms with Gasteiger partial charge in [0, 0.05) is 24.2 Å². The van der Waals surface area contributed by atoms with E-state index in [-0.39, 0.29) is 0 Å². The molecule has 0 saturated carbocycles. The molecule has 1 heterocycles. The summed E-state index contributed by atoms with van der Waals surface area (Å²) < 4.78 is 6.62. The molecule has 1 unspecified atom stereocenters. The fourth-order valence-corrected chi connectivity index (χ4v) is 2.47. The minimum atomic E-state index is 0.313. The van der Waals surface area contributed by atoms with Crippen LogP contribution in [-0.2, 0) is 11.3 Å². The van der Waals surface area contributed by atoms with Crippen molar-refractivity contribution < 1.29 is 4.74 Å². The summed E-state index contributed by atoms with van der Waals surface area (Å²) in [4.78, 5) is 0. The second kappa shape index (κ2) is 7.07. The number of ether oxygens (including phenoxy) is 1. The highest BCUT2D eigenvalue weighted by atomic mass is 79.9. The van der Waals surface area contributed by atoms with Crippen molar-refractivity contribution in [2.24, 2.45) is 0 Å². The Hall–Kier alpha value is -0.650. The Balaban J connectivity index is 1.69. The third-order valence-electron chi connectivity index (χ3n) is 2.91. The zero-order chi connectivity index (χ0) is 12.8. The molecular formula is C13H17BrN2OS. The number of hydrogen-bond donors (Lipinski definition) is 2. The van der Waals surface area contributed by atoms with E-state index in [1.165, 1.54) is 5.56 Å². The highest BCUT2D eigenvalue weighted by molar-refractivity contribution is 9.10. The molecule has 2 N–H and O–H groups in total. The topological polar surface area (TPSA) is 33.3 Å². The second-order valence-corrected chi connectivity index (χ2v) is 5.55. The summed E-state index contributed by atoms with van der Waals surface area (Å²) in [5, 5.41) is 7.07. The van der Waals surface area contributed by atoms with Crippen molar-refractivity contribution in [1.29, 1.82) is 0 Å². The van der Waals surface area contributed by atoms with Crippen LogP contribution < -0.4 is 10.6 Å². The zero-order valence-electron chi connectivity index (χ0n) is 10.1. The van der Waals surface area contributed by atoms with Crippen LogP contribution in [0.25, 0.3) is 0 Å². The summed E-state index contributed by atoms with van der Waals surface area (Å²) in [6.07, 6.45) is 2.59. The van der Waals surface area contributed by atoms with E-state index in [0.29, 0.717) is 11.2 Å². The lowest BCUT2D eigenvalue weighted by Gasteiger charge is -2.14. The summed E-state index contributed by atoms with van der Waals surface area (Å²) in [5.41, 5.74) is 1.19. The molecule has 1 aromatic rings. The van der Waals surface area contributed by atoms with Gasteiger partial charge in [-0.05, 0) is 36.7 Å². The van der Waals surface area contributed by atoms with Gasteiger partial charge in [-0.3, -0.25) is 0 Å². The molecular weight excluding hydrogens is 312 g/mol. The molecule has 1 aromatic carbocycles. The summed E-state index contributed by atoms with van der Waals surface area (Å²) in [6, 6.07) is 8.12. The van der Waals surface area contributed by atoms with Crippen LogP contribution in [0.2, 0.25) is 0 Å². The molecule has 1 aliphatic heterocycles. The average Bonchev–Trinajstić information content (AvgIpc) is 2.88. The van der Waals surface area contributed by atoms with Crippen molar-refractivity contribution in [1.82, 2.24) is 10.6 Å². The molecule has 0 spiro atoms. The first kappa shape index (κ1) is 13.8. The van der Waals surface area contributed by atoms with E-state index >= 15 is 0 Å². The lowest BCUT2D eigenvalue weighted by Crippen LogP contribution is -2.39. The number of thiocarbonyl (C=S) groups is 1. The Bertz CT molecular complexity index is 408. The molecule has 0 aromatic heterocycles. The Kier molecular flexibility index (Phi) is 5.41. The van der Waals surface area contributed by atoms with Crippen molar-refractivity contribution in [3.05, 3.63) is 34.3 Å². The van der Waals surface area contributed by atoms with Gasteiger partial charge in [-0.2, -0.15) is 0 Å². The minimum absolute atomic E-state index is 0.313. The summed E-state index contributed by atoms with van der Waals surface area (Å²) >= 11 is 8.75. The maximum Gasteiger partial charge on any atom is 0.166 e. The third-order valence-corrected chi connectivity index (χ3v) is 3.97. The second-order valence-electron chi connectivity index (χ2n) is 4.29. The number of rotatable bonds is 4. The van der Waals surface area contributed by atoms with Gasteiger partial charge in [0.2, 0.25) is 0 Å². The molecule has 1 fully saturated rings. The fourth-order valence-electron chi connectivity index (χ4n) is 1.89. The lowest BCUT2D eigenvalue weighted by molar-refractivity contribution is 0.114. The quantitative estimate of drug-likeness (QED) is 0.832. The standard InChI is InChI=1S/C13H17BrN2OS/c14-12-6-2-1-4-10(12)8-15-13(18)16-9-11-5-3-7-17-11/h1-2,4,6,11H,3,5,7-9H2,(H2,15,16,18). The average molecular weight is 329 g/mol. The summed E-state index contributed by atoms with van der Waals surface area (Å²) in [5.74, 6) is 0. The highest BCUT2D eigenvalue weighted by Crippen LogP contribution is 2.15. The maximum atomic E-state index is 5.53. The van der Waals surface area contributed by atoms with Gasteiger partial charge < -0.3 is 15.4 Å². The third kappa shape index (κ3) is 4.23. The van der Waals surface area contributed by atoms with Crippen LogP contribution in [0.4, 0.5) is 0 Å². The van der Waals surface area contributed by atoms with Crippen LogP contribution in [0.15, 0.2) is 28.7 Å². The normalized spacial score (nSPS) is 18.6. The van der Waals surface area contributed by atoms with E-state index in [1.807, 2.05) is 18.2 Å². The van der Waals surface area contributed by atoms with Crippen LogP contribution in [0.3, 0.4) is 0 Å². The van der Waals surface area contributed by atoms with Crippen molar-refractivity contribution in [3.8, 4) is 0 Å². The zero-order valence-corrected chi connectivity index (χ0v) is 12.5. The predicted octanol–water partition coefficient (Wildman–Crippen LogP) is 2.59. The molecule has 1 atom stereocenters. The smallest absolute Gasteiger partial charge is 0.166 e. The van der Waals surface area contributed by atoms with Gasteiger partial charge in [-0.1, -0.05) is 34.1 Å². The number of nitrogens with one attached hydrogen (secondary N) is 2. The number of halogens is 1. The lowest BCUT2D eigenvalue weighted by atomic mass is 10.2. The van der Waals surface area contributed by atoms with Gasteiger partial charge in [-0.25, -0.2) is 0 Å². The molecule has 3 nitrogen and oxygen atoms in total. The SMILES string of the molecule is S=C(NCc1ccccc1Br)NCC1CCCO1. The van der Waals surface area contributed by atoms with Gasteiger partial charge in [0.25, 0.3) is 0 Å². The molecule has 0 radical (unpaired) electrons. The number of benzene rings is 1. The maximum absolute atomic E-state index is 5.53. The van der Waals surface area contributed by atoms with Crippen molar-refractivity contribution in [2.45, 2.75) is 25.5 Å². The summed E-state index contributed by atoms with van der Waals surface area (Å²) in [7, 11) is 0.